The molecule has 0 aromatic carbocycles. The van der Waals surface area contributed by atoms with Gasteiger partial charge in [0.05, 0.1) is 6.04 Å². The maximum atomic E-state index is 12.1. The van der Waals surface area contributed by atoms with Crippen LogP contribution in [-0.2, 0) is 9.53 Å². The van der Waals surface area contributed by atoms with Gasteiger partial charge in [-0.15, -0.1) is 0 Å². The lowest BCUT2D eigenvalue weighted by atomic mass is 10.1. The van der Waals surface area contributed by atoms with Gasteiger partial charge in [0, 0.05) is 12.6 Å². The number of hydrogen-bond acceptors (Lipinski definition) is 4. The first-order chi connectivity index (χ1) is 9.28. The van der Waals surface area contributed by atoms with E-state index in [0.29, 0.717) is 13.0 Å². The molecule has 0 aromatic rings. The molecule has 0 bridgehead atoms. The van der Waals surface area contributed by atoms with Crippen LogP contribution in [0.25, 0.3) is 0 Å². The van der Waals surface area contributed by atoms with Gasteiger partial charge in [-0.2, -0.15) is 0 Å². The van der Waals surface area contributed by atoms with E-state index in [2.05, 4.69) is 5.32 Å². The van der Waals surface area contributed by atoms with Crippen LogP contribution in [0.1, 0.15) is 46.5 Å². The van der Waals surface area contributed by atoms with E-state index in [1.165, 1.54) is 4.90 Å². The summed E-state index contributed by atoms with van der Waals surface area (Å²) in [6.45, 7) is 5.91. The summed E-state index contributed by atoms with van der Waals surface area (Å²) >= 11 is 0. The first kappa shape index (κ1) is 15.1. The zero-order chi connectivity index (χ0) is 14.9. The number of carbonyl (C=O) groups is 2. The lowest BCUT2D eigenvalue weighted by molar-refractivity contribution is -0.132. The second-order valence-corrected chi connectivity index (χ2v) is 6.61. The number of aliphatic hydroxyl groups is 1. The van der Waals surface area contributed by atoms with Crippen molar-refractivity contribution in [2.45, 2.75) is 70.2 Å². The van der Waals surface area contributed by atoms with Crippen molar-refractivity contribution in [1.29, 1.82) is 0 Å². The molecule has 1 saturated carbocycles. The highest BCUT2D eigenvalue weighted by Crippen LogP contribution is 2.24. The molecule has 0 aromatic heterocycles. The second kappa shape index (κ2) is 5.60. The fraction of sp³-hybridized carbons (Fsp3) is 0.857. The molecule has 1 aliphatic carbocycles. The Morgan fingerprint density at radius 2 is 1.95 bits per heavy atom. The van der Waals surface area contributed by atoms with E-state index in [4.69, 9.17) is 4.74 Å². The molecule has 2 fully saturated rings. The summed E-state index contributed by atoms with van der Waals surface area (Å²) in [5.41, 5.74) is -0.578. The van der Waals surface area contributed by atoms with Crippen LogP contribution in [0.5, 0.6) is 0 Å². The van der Waals surface area contributed by atoms with Crippen LogP contribution < -0.4 is 5.32 Å². The molecule has 1 aliphatic heterocycles. The molecule has 1 heterocycles. The molecule has 2 rings (SSSR count). The Labute approximate surface area is 119 Å². The number of rotatable bonds is 3. The highest BCUT2D eigenvalue weighted by molar-refractivity contribution is 5.83. The minimum atomic E-state index is -1.18. The maximum absolute atomic E-state index is 12.1. The molecule has 114 valence electrons. The van der Waals surface area contributed by atoms with Crippen LogP contribution in [0.2, 0.25) is 0 Å². The Kier molecular flexibility index (Phi) is 4.22. The topological polar surface area (TPSA) is 78.9 Å². The molecule has 2 amide bonds. The van der Waals surface area contributed by atoms with Gasteiger partial charge in [-0.05, 0) is 46.5 Å². The van der Waals surface area contributed by atoms with Gasteiger partial charge in [0.15, 0.2) is 6.10 Å². The van der Waals surface area contributed by atoms with Crippen molar-refractivity contribution in [3.05, 3.63) is 0 Å². The fourth-order valence-corrected chi connectivity index (χ4v) is 2.36. The fourth-order valence-electron chi connectivity index (χ4n) is 2.36. The largest absolute Gasteiger partial charge is 0.444 e. The van der Waals surface area contributed by atoms with Crippen molar-refractivity contribution in [3.8, 4) is 0 Å². The number of hydrogen-bond donors (Lipinski definition) is 2. The number of nitrogens with one attached hydrogen (secondary N) is 1. The van der Waals surface area contributed by atoms with Crippen molar-refractivity contribution in [3.63, 3.8) is 0 Å². The first-order valence-electron chi connectivity index (χ1n) is 7.26. The summed E-state index contributed by atoms with van der Waals surface area (Å²) in [5, 5.41) is 12.9. The van der Waals surface area contributed by atoms with Crippen molar-refractivity contribution < 1.29 is 19.4 Å². The monoisotopic (exact) mass is 284 g/mol. The second-order valence-electron chi connectivity index (χ2n) is 6.61. The van der Waals surface area contributed by atoms with Crippen molar-refractivity contribution >= 4 is 12.0 Å². The van der Waals surface area contributed by atoms with Crippen LogP contribution in [0, 0.1) is 0 Å². The van der Waals surface area contributed by atoms with E-state index in [1.54, 1.807) is 20.8 Å². The van der Waals surface area contributed by atoms with Gasteiger partial charge in [-0.25, -0.2) is 4.79 Å². The summed E-state index contributed by atoms with van der Waals surface area (Å²) in [6.07, 6.45) is 1.71. The minimum absolute atomic E-state index is 0.202. The Morgan fingerprint density at radius 1 is 1.30 bits per heavy atom. The molecule has 20 heavy (non-hydrogen) atoms. The lowest BCUT2D eigenvalue weighted by Crippen LogP contribution is -2.51. The van der Waals surface area contributed by atoms with Gasteiger partial charge in [-0.3, -0.25) is 4.79 Å². The summed E-state index contributed by atoms with van der Waals surface area (Å²) in [7, 11) is 0. The Morgan fingerprint density at radius 3 is 2.50 bits per heavy atom. The Bertz CT molecular complexity index is 387. The minimum Gasteiger partial charge on any atom is -0.444 e. The third-order valence-corrected chi connectivity index (χ3v) is 3.48. The van der Waals surface area contributed by atoms with E-state index < -0.39 is 23.8 Å². The summed E-state index contributed by atoms with van der Waals surface area (Å²) in [4.78, 5) is 25.5. The molecule has 0 spiro atoms. The van der Waals surface area contributed by atoms with Crippen molar-refractivity contribution in [1.82, 2.24) is 10.2 Å². The quantitative estimate of drug-likeness (QED) is 0.811. The maximum Gasteiger partial charge on any atom is 0.410 e. The molecule has 2 atom stereocenters. The van der Waals surface area contributed by atoms with Gasteiger partial charge < -0.3 is 20.1 Å². The SMILES string of the molecule is CC(C)(C)OC(=O)N1CCCC1C(O)C(=O)NC1CC1. The molecular weight excluding hydrogens is 260 g/mol. The van der Waals surface area contributed by atoms with Crippen LogP contribution >= 0.6 is 0 Å². The molecule has 0 radical (unpaired) electrons. The highest BCUT2D eigenvalue weighted by Gasteiger charge is 2.40. The Hall–Kier alpha value is -1.30. The highest BCUT2D eigenvalue weighted by atomic mass is 16.6. The van der Waals surface area contributed by atoms with Crippen molar-refractivity contribution in [2.24, 2.45) is 0 Å². The third kappa shape index (κ3) is 3.85. The number of carbonyl (C=O) groups excluding carboxylic acids is 2. The van der Waals surface area contributed by atoms with E-state index >= 15 is 0 Å². The van der Waals surface area contributed by atoms with Gasteiger partial charge >= 0.3 is 6.09 Å². The smallest absolute Gasteiger partial charge is 0.410 e. The standard InChI is InChI=1S/C14H24N2O4/c1-14(2,3)20-13(19)16-8-4-5-10(16)11(17)12(18)15-9-6-7-9/h9-11,17H,4-8H2,1-3H3,(H,15,18). The number of likely N-dealkylation sites (tertiary alicyclic amines) is 1. The van der Waals surface area contributed by atoms with E-state index in [-0.39, 0.29) is 11.9 Å². The normalized spacial score (nSPS) is 24.4. The van der Waals surface area contributed by atoms with Gasteiger partial charge in [0.1, 0.15) is 5.60 Å². The summed E-state index contributed by atoms with van der Waals surface area (Å²) in [5.74, 6) is -0.382. The molecule has 2 N–H and O–H groups in total. The zero-order valence-corrected chi connectivity index (χ0v) is 12.4. The molecule has 2 unspecified atom stereocenters. The number of amides is 2. The predicted octanol–water partition coefficient (Wildman–Crippen LogP) is 1.03. The number of nitrogens with zero attached hydrogens (tertiary/aromatic N) is 1. The molecule has 1 saturated heterocycles. The zero-order valence-electron chi connectivity index (χ0n) is 12.4. The molecule has 6 heteroatoms. The van der Waals surface area contributed by atoms with Crippen LogP contribution in [0.4, 0.5) is 4.79 Å². The van der Waals surface area contributed by atoms with Crippen molar-refractivity contribution in [2.75, 3.05) is 6.54 Å². The summed E-state index contributed by atoms with van der Waals surface area (Å²) in [6, 6.07) is -0.280. The van der Waals surface area contributed by atoms with E-state index in [0.717, 1.165) is 19.3 Å². The predicted molar refractivity (Wildman–Crippen MR) is 73.1 cm³/mol. The van der Waals surface area contributed by atoms with Gasteiger partial charge in [0.2, 0.25) is 0 Å². The molecule has 6 nitrogen and oxygen atoms in total. The average molecular weight is 284 g/mol. The van der Waals surface area contributed by atoms with E-state index in [1.807, 2.05) is 0 Å². The lowest BCUT2D eigenvalue weighted by Gasteiger charge is -2.30. The number of ether oxygens (including phenoxy) is 1. The molecular formula is C14H24N2O4. The van der Waals surface area contributed by atoms with Gasteiger partial charge in [0.25, 0.3) is 5.91 Å². The van der Waals surface area contributed by atoms with E-state index in [9.17, 15) is 14.7 Å². The summed E-state index contributed by atoms with van der Waals surface area (Å²) < 4.78 is 5.32. The number of aliphatic hydroxyl groups excluding tert-OH is 1. The van der Waals surface area contributed by atoms with Gasteiger partial charge in [-0.1, -0.05) is 0 Å². The Balaban J connectivity index is 1.95. The third-order valence-electron chi connectivity index (χ3n) is 3.48. The molecule has 2 aliphatic rings. The average Bonchev–Trinajstić information content (AvgIpc) is 2.99. The first-order valence-corrected chi connectivity index (χ1v) is 7.26. The van der Waals surface area contributed by atoms with Crippen LogP contribution in [0.15, 0.2) is 0 Å². The van der Waals surface area contributed by atoms with Crippen LogP contribution in [0.3, 0.4) is 0 Å². The van der Waals surface area contributed by atoms with Crippen LogP contribution in [-0.4, -0.2) is 52.3 Å².